The monoisotopic (exact) mass is 289 g/mol. The summed E-state index contributed by atoms with van der Waals surface area (Å²) in [6.45, 7) is 10.4. The van der Waals surface area contributed by atoms with Crippen molar-refractivity contribution in [2.24, 2.45) is 5.92 Å². The highest BCUT2D eigenvalue weighted by atomic mass is 16.5. The van der Waals surface area contributed by atoms with Crippen molar-refractivity contribution < 1.29 is 9.53 Å². The number of carbonyl (C=O) groups excluding carboxylic acids is 1. The highest BCUT2D eigenvalue weighted by Crippen LogP contribution is 2.16. The van der Waals surface area contributed by atoms with E-state index in [9.17, 15) is 4.79 Å². The van der Waals surface area contributed by atoms with E-state index in [-0.39, 0.29) is 24.0 Å². The highest BCUT2D eigenvalue weighted by molar-refractivity contribution is 5.76. The van der Waals surface area contributed by atoms with Gasteiger partial charge in [-0.1, -0.05) is 56.7 Å². The van der Waals surface area contributed by atoms with E-state index in [1.54, 1.807) is 6.08 Å². The number of ether oxygens (including phenoxy) is 1. The van der Waals surface area contributed by atoms with Gasteiger partial charge in [-0.05, 0) is 24.8 Å². The third-order valence-corrected chi connectivity index (χ3v) is 3.62. The minimum Gasteiger partial charge on any atom is -0.465 e. The van der Waals surface area contributed by atoms with Gasteiger partial charge >= 0.3 is 5.97 Å². The molecule has 0 radical (unpaired) electrons. The van der Waals surface area contributed by atoms with Gasteiger partial charge in [0.05, 0.1) is 6.61 Å². The average molecular weight is 289 g/mol. The molecule has 0 saturated heterocycles. The molecule has 0 aliphatic heterocycles. The first-order valence-electron chi connectivity index (χ1n) is 7.70. The van der Waals surface area contributed by atoms with Crippen LogP contribution in [0.5, 0.6) is 0 Å². The molecule has 0 fully saturated rings. The maximum atomic E-state index is 12.3. The zero-order chi connectivity index (χ0) is 15.7. The van der Waals surface area contributed by atoms with E-state index in [4.69, 9.17) is 4.74 Å². The number of rotatable bonds is 9. The van der Waals surface area contributed by atoms with E-state index >= 15 is 0 Å². The maximum Gasteiger partial charge on any atom is 0.323 e. The van der Waals surface area contributed by atoms with Crippen molar-refractivity contribution in [1.82, 2.24) is 5.32 Å². The molecule has 21 heavy (non-hydrogen) atoms. The van der Waals surface area contributed by atoms with Crippen LogP contribution in [0.15, 0.2) is 43.0 Å². The molecule has 0 spiro atoms. The summed E-state index contributed by atoms with van der Waals surface area (Å²) in [7, 11) is 0. The topological polar surface area (TPSA) is 38.3 Å². The molecule has 3 heteroatoms. The van der Waals surface area contributed by atoms with Gasteiger partial charge in [-0.25, -0.2) is 0 Å². The van der Waals surface area contributed by atoms with Crippen LogP contribution in [0.1, 0.15) is 45.2 Å². The van der Waals surface area contributed by atoms with Crippen molar-refractivity contribution >= 4 is 5.97 Å². The van der Waals surface area contributed by atoms with Crippen LogP contribution < -0.4 is 5.32 Å². The molecule has 0 unspecified atom stereocenters. The van der Waals surface area contributed by atoms with Crippen molar-refractivity contribution in [2.45, 2.75) is 45.7 Å². The second kappa shape index (κ2) is 9.35. The average Bonchev–Trinajstić information content (AvgIpc) is 2.52. The second-order valence-electron chi connectivity index (χ2n) is 5.39. The quantitative estimate of drug-likeness (QED) is 0.426. The lowest BCUT2D eigenvalue weighted by Gasteiger charge is -2.25. The standard InChI is InChI=1S/C18H27NO2/c1-5-7-13-21-18(20)17(14(3)6-2)19-15(4)16-11-9-8-10-12-16/h6,8-12,14-15,17,19H,2,5,7,13H2,1,3-4H3/t14-,15-,17-/m0/s1. The molecule has 0 bridgehead atoms. The lowest BCUT2D eigenvalue weighted by Crippen LogP contribution is -2.43. The summed E-state index contributed by atoms with van der Waals surface area (Å²) in [5, 5.41) is 3.36. The number of hydrogen-bond acceptors (Lipinski definition) is 3. The summed E-state index contributed by atoms with van der Waals surface area (Å²) in [5.41, 5.74) is 1.15. The Balaban J connectivity index is 2.69. The highest BCUT2D eigenvalue weighted by Gasteiger charge is 2.26. The fraction of sp³-hybridized carbons (Fsp3) is 0.500. The zero-order valence-corrected chi connectivity index (χ0v) is 13.3. The van der Waals surface area contributed by atoms with Gasteiger partial charge < -0.3 is 4.74 Å². The van der Waals surface area contributed by atoms with E-state index < -0.39 is 0 Å². The molecule has 1 N–H and O–H groups in total. The van der Waals surface area contributed by atoms with Crippen molar-refractivity contribution in [2.75, 3.05) is 6.61 Å². The number of esters is 1. The fourth-order valence-electron chi connectivity index (χ4n) is 2.08. The SMILES string of the molecule is C=C[C@H](C)[C@H](N[C@@H](C)c1ccccc1)C(=O)OCCCC. The maximum absolute atomic E-state index is 12.3. The van der Waals surface area contributed by atoms with E-state index in [1.165, 1.54) is 0 Å². The number of nitrogens with one attached hydrogen (secondary N) is 1. The lowest BCUT2D eigenvalue weighted by molar-refractivity contribution is -0.147. The molecule has 0 saturated carbocycles. The molecule has 1 aromatic rings. The van der Waals surface area contributed by atoms with Gasteiger partial charge in [0, 0.05) is 6.04 Å². The van der Waals surface area contributed by atoms with E-state index in [0.717, 1.165) is 18.4 Å². The van der Waals surface area contributed by atoms with Crippen LogP contribution in [-0.2, 0) is 9.53 Å². The Morgan fingerprint density at radius 2 is 2.00 bits per heavy atom. The van der Waals surface area contributed by atoms with Crippen molar-refractivity contribution in [3.63, 3.8) is 0 Å². The van der Waals surface area contributed by atoms with Crippen LogP contribution in [-0.4, -0.2) is 18.6 Å². The molecule has 0 aliphatic rings. The van der Waals surface area contributed by atoms with E-state index in [2.05, 4.69) is 37.9 Å². The molecule has 116 valence electrons. The molecule has 0 heterocycles. The van der Waals surface area contributed by atoms with E-state index in [0.29, 0.717) is 6.61 Å². The van der Waals surface area contributed by atoms with Crippen molar-refractivity contribution in [3.05, 3.63) is 48.6 Å². The first-order valence-corrected chi connectivity index (χ1v) is 7.70. The Labute approximate surface area is 128 Å². The van der Waals surface area contributed by atoms with Gasteiger partial charge in [-0.15, -0.1) is 6.58 Å². The first kappa shape index (κ1) is 17.4. The predicted molar refractivity (Wildman–Crippen MR) is 87.0 cm³/mol. The smallest absolute Gasteiger partial charge is 0.323 e. The molecule has 1 rings (SSSR count). The molecular formula is C18H27NO2. The Kier molecular flexibility index (Phi) is 7.76. The minimum absolute atomic E-state index is 0.0188. The predicted octanol–water partition coefficient (Wildman–Crippen LogP) is 3.87. The Hall–Kier alpha value is -1.61. The molecular weight excluding hydrogens is 262 g/mol. The molecule has 3 atom stereocenters. The summed E-state index contributed by atoms with van der Waals surface area (Å²) in [4.78, 5) is 12.3. The van der Waals surface area contributed by atoms with Crippen LogP contribution in [0, 0.1) is 5.92 Å². The van der Waals surface area contributed by atoms with Crippen LogP contribution in [0.25, 0.3) is 0 Å². The van der Waals surface area contributed by atoms with Gasteiger partial charge in [0.25, 0.3) is 0 Å². The molecule has 3 nitrogen and oxygen atoms in total. The normalized spacial score (nSPS) is 15.0. The lowest BCUT2D eigenvalue weighted by atomic mass is 9.99. The summed E-state index contributed by atoms with van der Waals surface area (Å²) >= 11 is 0. The molecule has 0 aromatic heterocycles. The largest absolute Gasteiger partial charge is 0.465 e. The fourth-order valence-corrected chi connectivity index (χ4v) is 2.08. The van der Waals surface area contributed by atoms with Gasteiger partial charge in [-0.2, -0.15) is 0 Å². The third-order valence-electron chi connectivity index (χ3n) is 3.62. The van der Waals surface area contributed by atoms with Gasteiger partial charge in [0.2, 0.25) is 0 Å². The molecule has 0 aliphatic carbocycles. The van der Waals surface area contributed by atoms with Crippen LogP contribution in [0.3, 0.4) is 0 Å². The number of carbonyl (C=O) groups is 1. The summed E-state index contributed by atoms with van der Waals surface area (Å²) < 4.78 is 5.36. The minimum atomic E-state index is -0.366. The van der Waals surface area contributed by atoms with Crippen LogP contribution in [0.2, 0.25) is 0 Å². The van der Waals surface area contributed by atoms with Crippen molar-refractivity contribution in [1.29, 1.82) is 0 Å². The second-order valence-corrected chi connectivity index (χ2v) is 5.39. The van der Waals surface area contributed by atoms with Gasteiger partial charge in [0.1, 0.15) is 6.04 Å². The Morgan fingerprint density at radius 3 is 2.57 bits per heavy atom. The zero-order valence-electron chi connectivity index (χ0n) is 13.3. The molecule has 0 amide bonds. The number of hydrogen-bond donors (Lipinski definition) is 1. The Bertz CT molecular complexity index is 430. The number of benzene rings is 1. The number of unbranched alkanes of at least 4 members (excludes halogenated alkanes) is 1. The molecule has 1 aromatic carbocycles. The van der Waals surface area contributed by atoms with Gasteiger partial charge in [-0.3, -0.25) is 10.1 Å². The van der Waals surface area contributed by atoms with E-state index in [1.807, 2.05) is 25.1 Å². The summed E-state index contributed by atoms with van der Waals surface area (Å²) in [5.74, 6) is -0.177. The summed E-state index contributed by atoms with van der Waals surface area (Å²) in [6.07, 6.45) is 3.70. The van der Waals surface area contributed by atoms with Crippen LogP contribution in [0.4, 0.5) is 0 Å². The third kappa shape index (κ3) is 5.72. The van der Waals surface area contributed by atoms with Gasteiger partial charge in [0.15, 0.2) is 0 Å². The Morgan fingerprint density at radius 1 is 1.33 bits per heavy atom. The van der Waals surface area contributed by atoms with Crippen LogP contribution >= 0.6 is 0 Å². The first-order chi connectivity index (χ1) is 10.1. The summed E-state index contributed by atoms with van der Waals surface area (Å²) in [6, 6.07) is 9.80. The van der Waals surface area contributed by atoms with Crippen molar-refractivity contribution in [3.8, 4) is 0 Å².